The normalized spacial score (nSPS) is 12.0. The first-order chi connectivity index (χ1) is 18.9. The molecule has 0 saturated carbocycles. The summed E-state index contributed by atoms with van der Waals surface area (Å²) < 4.78 is 49.8. The van der Waals surface area contributed by atoms with Crippen molar-refractivity contribution >= 4 is 11.9 Å². The third-order valence-corrected chi connectivity index (χ3v) is 5.51. The van der Waals surface area contributed by atoms with Crippen molar-refractivity contribution in [2.24, 2.45) is 0 Å². The van der Waals surface area contributed by atoms with Crippen molar-refractivity contribution in [3.8, 4) is 23.0 Å². The summed E-state index contributed by atoms with van der Waals surface area (Å²) >= 11 is 0. The number of carbonyl (C=O) groups is 2. The molecule has 3 rings (SSSR count). The van der Waals surface area contributed by atoms with Gasteiger partial charge in [-0.3, -0.25) is 0 Å². The quantitative estimate of drug-likeness (QED) is 0.231. The number of halogens is 2. The van der Waals surface area contributed by atoms with Crippen molar-refractivity contribution in [2.45, 2.75) is 46.3 Å². The van der Waals surface area contributed by atoms with Crippen molar-refractivity contribution in [3.05, 3.63) is 82.9 Å². The zero-order chi connectivity index (χ0) is 29.4. The van der Waals surface area contributed by atoms with Crippen LogP contribution in [0.2, 0.25) is 0 Å². The summed E-state index contributed by atoms with van der Waals surface area (Å²) in [6.07, 6.45) is -1.01. The smallest absolute Gasteiger partial charge is 0.347 e. The predicted molar refractivity (Wildman–Crippen MR) is 144 cm³/mol. The van der Waals surface area contributed by atoms with Crippen LogP contribution < -0.4 is 24.3 Å². The van der Waals surface area contributed by atoms with Crippen LogP contribution >= 0.6 is 0 Å². The standard InChI is InChI=1S/C30H33F2NO7/c1-6-37-24-12-9-19(31)15-21(24)28(35)39-26-11-8-18(23(34)17-33-30(3,4)5)14-27(26)40-29(36)22-16-20(32)10-13-25(22)38-7-2/h8-16,23,33-34H,6-7,17H2,1-5H3. The van der Waals surface area contributed by atoms with Gasteiger partial charge in [-0.25, -0.2) is 18.4 Å². The van der Waals surface area contributed by atoms with E-state index in [1.165, 1.54) is 30.3 Å². The van der Waals surface area contributed by atoms with E-state index in [1.54, 1.807) is 13.8 Å². The van der Waals surface area contributed by atoms with Crippen LogP contribution in [0.15, 0.2) is 54.6 Å². The summed E-state index contributed by atoms with van der Waals surface area (Å²) in [6.45, 7) is 9.84. The topological polar surface area (TPSA) is 103 Å². The summed E-state index contributed by atoms with van der Waals surface area (Å²) in [5.41, 5.74) is -0.295. The Balaban J connectivity index is 1.99. The first-order valence-corrected chi connectivity index (χ1v) is 12.8. The van der Waals surface area contributed by atoms with Crippen molar-refractivity contribution in [2.75, 3.05) is 19.8 Å². The number of aliphatic hydroxyl groups is 1. The molecule has 3 aromatic carbocycles. The Morgan fingerprint density at radius 2 is 1.25 bits per heavy atom. The van der Waals surface area contributed by atoms with Crippen LogP contribution in [0.25, 0.3) is 0 Å². The van der Waals surface area contributed by atoms with Crippen molar-refractivity contribution in [3.63, 3.8) is 0 Å². The number of benzene rings is 3. The number of esters is 2. The fourth-order valence-corrected chi connectivity index (χ4v) is 3.61. The van der Waals surface area contributed by atoms with Gasteiger partial charge < -0.3 is 29.4 Å². The Hall–Kier alpha value is -4.02. The molecule has 2 N–H and O–H groups in total. The SMILES string of the molecule is CCOc1ccc(F)cc1C(=O)Oc1ccc(C(O)CNC(C)(C)C)cc1OC(=O)c1cc(F)ccc1OCC. The van der Waals surface area contributed by atoms with E-state index in [4.69, 9.17) is 18.9 Å². The molecule has 214 valence electrons. The summed E-state index contributed by atoms with van der Waals surface area (Å²) in [4.78, 5) is 26.2. The van der Waals surface area contributed by atoms with Crippen molar-refractivity contribution < 1.29 is 42.4 Å². The zero-order valence-electron chi connectivity index (χ0n) is 23.0. The number of hydrogen-bond acceptors (Lipinski definition) is 8. The first-order valence-electron chi connectivity index (χ1n) is 12.8. The molecule has 40 heavy (non-hydrogen) atoms. The van der Waals surface area contributed by atoms with E-state index in [0.717, 1.165) is 24.3 Å². The molecule has 3 aromatic rings. The molecule has 0 radical (unpaired) electrons. The van der Waals surface area contributed by atoms with Crippen LogP contribution in [0.1, 0.15) is 67.0 Å². The largest absolute Gasteiger partial charge is 0.493 e. The monoisotopic (exact) mass is 557 g/mol. The molecule has 0 aliphatic heterocycles. The van der Waals surface area contributed by atoms with Crippen molar-refractivity contribution in [1.82, 2.24) is 5.32 Å². The van der Waals surface area contributed by atoms with E-state index >= 15 is 0 Å². The van der Waals surface area contributed by atoms with Gasteiger partial charge >= 0.3 is 11.9 Å². The molecule has 0 fully saturated rings. The van der Waals surface area contributed by atoms with Gasteiger partial charge in [0.25, 0.3) is 0 Å². The molecule has 8 nitrogen and oxygen atoms in total. The Kier molecular flexibility index (Phi) is 10.2. The minimum atomic E-state index is -1.01. The van der Waals surface area contributed by atoms with Gasteiger partial charge in [0, 0.05) is 12.1 Å². The van der Waals surface area contributed by atoms with E-state index < -0.39 is 29.7 Å². The van der Waals surface area contributed by atoms with Gasteiger partial charge in [0.2, 0.25) is 0 Å². The molecule has 0 saturated heterocycles. The van der Waals surface area contributed by atoms with E-state index in [0.29, 0.717) is 5.56 Å². The molecule has 0 bridgehead atoms. The van der Waals surface area contributed by atoms with Crippen LogP contribution in [-0.4, -0.2) is 42.3 Å². The second-order valence-corrected chi connectivity index (χ2v) is 9.78. The molecule has 0 heterocycles. The van der Waals surface area contributed by atoms with E-state index in [9.17, 15) is 23.5 Å². The lowest BCUT2D eigenvalue weighted by Gasteiger charge is -2.23. The van der Waals surface area contributed by atoms with Crippen LogP contribution in [-0.2, 0) is 0 Å². The number of hydrogen-bond donors (Lipinski definition) is 2. The average molecular weight is 558 g/mol. The Bertz CT molecular complexity index is 1350. The summed E-state index contributed by atoms with van der Waals surface area (Å²) in [6, 6.07) is 11.0. The highest BCUT2D eigenvalue weighted by atomic mass is 19.1. The molecule has 0 amide bonds. The molecular formula is C30H33F2NO7. The van der Waals surface area contributed by atoms with E-state index in [2.05, 4.69) is 5.32 Å². The maximum Gasteiger partial charge on any atom is 0.347 e. The third kappa shape index (κ3) is 8.24. The molecule has 0 aromatic heterocycles. The number of rotatable bonds is 11. The minimum Gasteiger partial charge on any atom is -0.493 e. The maximum atomic E-state index is 14.0. The number of β-amino-alcohol motifs (C(OH)–C–C–N with tert-alkyl or cyclic N) is 1. The lowest BCUT2D eigenvalue weighted by Crippen LogP contribution is -2.38. The molecule has 0 spiro atoms. The summed E-state index contributed by atoms with van der Waals surface area (Å²) in [7, 11) is 0. The van der Waals surface area contributed by atoms with Crippen LogP contribution in [0.5, 0.6) is 23.0 Å². The maximum absolute atomic E-state index is 14.0. The highest BCUT2D eigenvalue weighted by Crippen LogP contribution is 2.34. The third-order valence-electron chi connectivity index (χ3n) is 5.51. The van der Waals surface area contributed by atoms with Gasteiger partial charge in [-0.2, -0.15) is 0 Å². The van der Waals surface area contributed by atoms with E-state index in [-0.39, 0.29) is 59.4 Å². The molecule has 0 aliphatic rings. The van der Waals surface area contributed by atoms with Crippen molar-refractivity contribution in [1.29, 1.82) is 0 Å². The fraction of sp³-hybridized carbons (Fsp3) is 0.333. The zero-order valence-corrected chi connectivity index (χ0v) is 23.0. The van der Waals surface area contributed by atoms with Crippen LogP contribution in [0.3, 0.4) is 0 Å². The van der Waals surface area contributed by atoms with E-state index in [1.807, 2.05) is 20.8 Å². The van der Waals surface area contributed by atoms with Gasteiger partial charge in [0.15, 0.2) is 11.5 Å². The highest BCUT2D eigenvalue weighted by molar-refractivity contribution is 5.96. The number of aliphatic hydroxyl groups excluding tert-OH is 1. The van der Waals surface area contributed by atoms with Gasteiger partial charge in [-0.15, -0.1) is 0 Å². The highest BCUT2D eigenvalue weighted by Gasteiger charge is 2.24. The molecule has 1 atom stereocenters. The second kappa shape index (κ2) is 13.4. The average Bonchev–Trinajstić information content (AvgIpc) is 2.90. The lowest BCUT2D eigenvalue weighted by molar-refractivity contribution is 0.0676. The van der Waals surface area contributed by atoms with Gasteiger partial charge in [0.1, 0.15) is 34.3 Å². The second-order valence-electron chi connectivity index (χ2n) is 9.78. The summed E-state index contributed by atoms with van der Waals surface area (Å²) in [5, 5.41) is 13.9. The number of carbonyl (C=O) groups excluding carboxylic acids is 2. The predicted octanol–water partition coefficient (Wildman–Crippen LogP) is 5.62. The Morgan fingerprint density at radius 1 is 0.775 bits per heavy atom. The van der Waals surface area contributed by atoms with Gasteiger partial charge in [-0.05, 0) is 88.7 Å². The molecule has 0 aliphatic carbocycles. The summed E-state index contributed by atoms with van der Waals surface area (Å²) in [5.74, 6) is -3.54. The number of nitrogens with one attached hydrogen (secondary N) is 1. The molecular weight excluding hydrogens is 524 g/mol. The first kappa shape index (κ1) is 30.5. The van der Waals surface area contributed by atoms with Crippen LogP contribution in [0.4, 0.5) is 8.78 Å². The fourth-order valence-electron chi connectivity index (χ4n) is 3.61. The minimum absolute atomic E-state index is 0.0964. The molecule has 1 unspecified atom stereocenters. The Morgan fingerprint density at radius 3 is 1.73 bits per heavy atom. The molecule has 10 heteroatoms. The van der Waals surface area contributed by atoms with Gasteiger partial charge in [0.05, 0.1) is 19.3 Å². The number of ether oxygens (including phenoxy) is 4. The Labute approximate surface area is 231 Å². The van der Waals surface area contributed by atoms with Gasteiger partial charge in [-0.1, -0.05) is 6.07 Å². The van der Waals surface area contributed by atoms with Crippen LogP contribution in [0, 0.1) is 11.6 Å². The lowest BCUT2D eigenvalue weighted by atomic mass is 10.1.